The molecule has 0 aliphatic carbocycles. The van der Waals surface area contributed by atoms with Gasteiger partial charge in [-0.15, -0.1) is 0 Å². The van der Waals surface area contributed by atoms with E-state index < -0.39 is 0 Å². The summed E-state index contributed by atoms with van der Waals surface area (Å²) in [6.45, 7) is 1.45. The summed E-state index contributed by atoms with van der Waals surface area (Å²) in [6.07, 6.45) is 3.61. The van der Waals surface area contributed by atoms with Gasteiger partial charge in [0.25, 0.3) is 0 Å². The maximum absolute atomic E-state index is 11.1. The molecular formula is C8H14NO2. The maximum Gasteiger partial charge on any atom is 0.225 e. The smallest absolute Gasteiger partial charge is 0.225 e. The Bertz CT molecular complexity index is 130. The first kappa shape index (κ1) is 8.53. The molecule has 1 heterocycles. The van der Waals surface area contributed by atoms with Gasteiger partial charge in [0, 0.05) is 13.1 Å². The van der Waals surface area contributed by atoms with Gasteiger partial charge in [-0.2, -0.15) is 0 Å². The largest absolute Gasteiger partial charge is 0.343 e. The average molecular weight is 156 g/mol. The molecule has 0 bridgehead atoms. The van der Waals surface area contributed by atoms with Gasteiger partial charge < -0.3 is 4.90 Å². The summed E-state index contributed by atoms with van der Waals surface area (Å²) in [5.74, 6) is 0.0414. The Balaban J connectivity index is 2.27. The van der Waals surface area contributed by atoms with E-state index in [4.69, 9.17) is 0 Å². The molecule has 0 N–H and O–H groups in total. The van der Waals surface area contributed by atoms with Crippen LogP contribution in [0.25, 0.3) is 0 Å². The lowest BCUT2D eigenvalue weighted by Crippen LogP contribution is -2.35. The van der Waals surface area contributed by atoms with E-state index in [0.717, 1.165) is 25.9 Å². The van der Waals surface area contributed by atoms with Crippen LogP contribution in [0.1, 0.15) is 25.7 Å². The fourth-order valence-electron chi connectivity index (χ4n) is 1.39. The van der Waals surface area contributed by atoms with E-state index in [1.807, 2.05) is 0 Å². The van der Waals surface area contributed by atoms with Gasteiger partial charge in [-0.05, 0) is 19.3 Å². The van der Waals surface area contributed by atoms with Crippen molar-refractivity contribution in [2.45, 2.75) is 25.7 Å². The zero-order valence-corrected chi connectivity index (χ0v) is 6.71. The molecule has 1 aliphatic rings. The number of piperidine rings is 1. The summed E-state index contributed by atoms with van der Waals surface area (Å²) in [5.41, 5.74) is 0. The highest BCUT2D eigenvalue weighted by Gasteiger charge is 2.15. The van der Waals surface area contributed by atoms with E-state index in [1.54, 1.807) is 4.90 Å². The Morgan fingerprint density at radius 3 is 2.36 bits per heavy atom. The normalized spacial score (nSPS) is 18.5. The minimum atomic E-state index is -0.269. The van der Waals surface area contributed by atoms with Crippen LogP contribution in [0.4, 0.5) is 0 Å². The van der Waals surface area contributed by atoms with Crippen molar-refractivity contribution in [2.75, 3.05) is 19.7 Å². The van der Waals surface area contributed by atoms with Crippen LogP contribution in [-0.4, -0.2) is 30.5 Å². The Labute approximate surface area is 67.0 Å². The molecule has 1 radical (unpaired) electrons. The number of hydrogen-bond donors (Lipinski definition) is 0. The highest BCUT2D eigenvalue weighted by atomic mass is 16.3. The van der Waals surface area contributed by atoms with Crippen molar-refractivity contribution in [1.29, 1.82) is 0 Å². The van der Waals surface area contributed by atoms with Crippen LogP contribution in [0.5, 0.6) is 0 Å². The molecule has 11 heavy (non-hydrogen) atoms. The first-order valence-corrected chi connectivity index (χ1v) is 4.20. The maximum atomic E-state index is 11.1. The summed E-state index contributed by atoms with van der Waals surface area (Å²) in [7, 11) is 0. The molecule has 1 aliphatic heterocycles. The first-order chi connectivity index (χ1) is 5.34. The fraction of sp³-hybridized carbons (Fsp3) is 0.875. The third-order valence-corrected chi connectivity index (χ3v) is 2.02. The summed E-state index contributed by atoms with van der Waals surface area (Å²) < 4.78 is 0. The highest BCUT2D eigenvalue weighted by Crippen LogP contribution is 2.09. The van der Waals surface area contributed by atoms with Gasteiger partial charge in [0.05, 0.1) is 13.0 Å². The molecule has 0 unspecified atom stereocenters. The van der Waals surface area contributed by atoms with E-state index >= 15 is 0 Å². The number of carbonyl (C=O) groups is 1. The zero-order chi connectivity index (χ0) is 8.10. The van der Waals surface area contributed by atoms with Crippen molar-refractivity contribution < 1.29 is 9.90 Å². The van der Waals surface area contributed by atoms with Gasteiger partial charge in [0.2, 0.25) is 5.91 Å². The molecule has 1 rings (SSSR count). The third-order valence-electron chi connectivity index (χ3n) is 2.02. The van der Waals surface area contributed by atoms with Crippen LogP contribution in [0.2, 0.25) is 0 Å². The lowest BCUT2D eigenvalue weighted by atomic mass is 10.1. The van der Waals surface area contributed by atoms with Crippen molar-refractivity contribution in [3.8, 4) is 0 Å². The molecule has 63 valence electrons. The quantitative estimate of drug-likeness (QED) is 0.583. The van der Waals surface area contributed by atoms with Gasteiger partial charge in [-0.1, -0.05) is 0 Å². The molecule has 1 saturated heterocycles. The number of amides is 1. The fourth-order valence-corrected chi connectivity index (χ4v) is 1.39. The third kappa shape index (κ3) is 2.50. The highest BCUT2D eigenvalue weighted by molar-refractivity contribution is 5.76. The Kier molecular flexibility index (Phi) is 3.36. The van der Waals surface area contributed by atoms with E-state index in [9.17, 15) is 9.90 Å². The summed E-state index contributed by atoms with van der Waals surface area (Å²) in [5, 5.41) is 10.1. The van der Waals surface area contributed by atoms with Crippen molar-refractivity contribution in [1.82, 2.24) is 4.90 Å². The van der Waals surface area contributed by atoms with Crippen LogP contribution in [0.3, 0.4) is 0 Å². The number of carbonyl (C=O) groups excluding carboxylic acids is 1. The molecule has 0 atom stereocenters. The van der Waals surface area contributed by atoms with Crippen LogP contribution >= 0.6 is 0 Å². The number of hydrogen-bond acceptors (Lipinski definition) is 1. The van der Waals surface area contributed by atoms with Crippen molar-refractivity contribution in [2.24, 2.45) is 0 Å². The summed E-state index contributed by atoms with van der Waals surface area (Å²) >= 11 is 0. The second-order valence-corrected chi connectivity index (χ2v) is 2.90. The standard InChI is InChI=1S/C8H14NO2/c10-7-4-8(11)9-5-2-1-3-6-9/h1-7H2. The van der Waals surface area contributed by atoms with Crippen molar-refractivity contribution in [3.63, 3.8) is 0 Å². The second kappa shape index (κ2) is 4.34. The number of rotatable bonds is 2. The van der Waals surface area contributed by atoms with Crippen LogP contribution < -0.4 is 0 Å². The molecule has 3 heteroatoms. The van der Waals surface area contributed by atoms with Crippen LogP contribution in [-0.2, 0) is 9.90 Å². The van der Waals surface area contributed by atoms with Gasteiger partial charge in [-0.3, -0.25) is 4.79 Å². The topological polar surface area (TPSA) is 40.2 Å². The van der Waals surface area contributed by atoms with Gasteiger partial charge in [0.15, 0.2) is 0 Å². The van der Waals surface area contributed by atoms with E-state index in [1.165, 1.54) is 6.42 Å². The number of likely N-dealkylation sites (tertiary alicyclic amines) is 1. The van der Waals surface area contributed by atoms with Gasteiger partial charge >= 0.3 is 0 Å². The molecule has 0 spiro atoms. The predicted octanol–water partition coefficient (Wildman–Crippen LogP) is 0.820. The van der Waals surface area contributed by atoms with Crippen molar-refractivity contribution in [3.05, 3.63) is 0 Å². The van der Waals surface area contributed by atoms with Crippen molar-refractivity contribution >= 4 is 5.91 Å². The van der Waals surface area contributed by atoms with E-state index in [2.05, 4.69) is 0 Å². The predicted molar refractivity (Wildman–Crippen MR) is 40.6 cm³/mol. The molecule has 0 aromatic heterocycles. The minimum Gasteiger partial charge on any atom is -0.343 e. The monoisotopic (exact) mass is 156 g/mol. The number of nitrogens with zero attached hydrogens (tertiary/aromatic N) is 1. The van der Waals surface area contributed by atoms with Crippen LogP contribution in [0, 0.1) is 0 Å². The Morgan fingerprint density at radius 2 is 1.82 bits per heavy atom. The Hall–Kier alpha value is -0.570. The van der Waals surface area contributed by atoms with Crippen LogP contribution in [0.15, 0.2) is 0 Å². The SMILES string of the molecule is [O]CCC(=O)N1CCCCC1. The zero-order valence-electron chi connectivity index (χ0n) is 6.71. The molecular weight excluding hydrogens is 142 g/mol. The Morgan fingerprint density at radius 1 is 1.18 bits per heavy atom. The summed E-state index contributed by atoms with van der Waals surface area (Å²) in [4.78, 5) is 12.9. The second-order valence-electron chi connectivity index (χ2n) is 2.90. The molecule has 0 saturated carbocycles. The molecule has 1 fully saturated rings. The summed E-state index contributed by atoms with van der Waals surface area (Å²) in [6, 6.07) is 0. The average Bonchev–Trinajstić information content (AvgIpc) is 2.07. The lowest BCUT2D eigenvalue weighted by molar-refractivity contribution is -0.133. The first-order valence-electron chi connectivity index (χ1n) is 4.20. The van der Waals surface area contributed by atoms with Gasteiger partial charge in [0.1, 0.15) is 0 Å². The molecule has 3 nitrogen and oxygen atoms in total. The van der Waals surface area contributed by atoms with E-state index in [-0.39, 0.29) is 18.9 Å². The molecule has 1 amide bonds. The molecule has 0 aromatic carbocycles. The minimum absolute atomic E-state index is 0.0414. The van der Waals surface area contributed by atoms with E-state index in [0.29, 0.717) is 0 Å². The van der Waals surface area contributed by atoms with Gasteiger partial charge in [-0.25, -0.2) is 5.11 Å². The lowest BCUT2D eigenvalue weighted by Gasteiger charge is -2.26. The molecule has 0 aromatic rings.